The van der Waals surface area contributed by atoms with Crippen molar-refractivity contribution in [3.8, 4) is 5.75 Å². The molecule has 0 bridgehead atoms. The second kappa shape index (κ2) is 7.75. The molecular formula is C18H20BrN3O3S. The normalized spacial score (nSPS) is 16.7. The summed E-state index contributed by atoms with van der Waals surface area (Å²) in [5.41, 5.74) is 0.519. The van der Waals surface area contributed by atoms with Gasteiger partial charge >= 0.3 is 0 Å². The van der Waals surface area contributed by atoms with E-state index in [0.717, 1.165) is 31.4 Å². The largest absolute Gasteiger partial charge is 0.497 e. The van der Waals surface area contributed by atoms with Gasteiger partial charge in [0.15, 0.2) is 4.80 Å². The van der Waals surface area contributed by atoms with Gasteiger partial charge in [0.25, 0.3) is 11.5 Å². The monoisotopic (exact) mass is 437 g/mol. The van der Waals surface area contributed by atoms with Crippen molar-refractivity contribution in [2.24, 2.45) is 4.99 Å². The molecule has 2 aliphatic rings. The number of amides is 1. The molecule has 0 aliphatic heterocycles. The topological polar surface area (TPSA) is 72.7 Å². The summed E-state index contributed by atoms with van der Waals surface area (Å²) in [6.45, 7) is 0. The third-order valence-corrected chi connectivity index (χ3v) is 5.23. The van der Waals surface area contributed by atoms with Gasteiger partial charge < -0.3 is 10.1 Å². The molecule has 0 spiro atoms. The van der Waals surface area contributed by atoms with E-state index < -0.39 is 0 Å². The molecule has 2 saturated carbocycles. The van der Waals surface area contributed by atoms with E-state index >= 15 is 0 Å². The van der Waals surface area contributed by atoms with Crippen molar-refractivity contribution in [2.45, 2.75) is 37.8 Å². The number of hydrogen-bond donors (Lipinski definition) is 1. The van der Waals surface area contributed by atoms with Gasteiger partial charge in [-0.05, 0) is 49.9 Å². The highest BCUT2D eigenvalue weighted by atomic mass is 79.9. The number of aromatic nitrogens is 1. The Kier molecular flexibility index (Phi) is 5.62. The van der Waals surface area contributed by atoms with Crippen molar-refractivity contribution in [3.05, 3.63) is 50.4 Å². The maximum Gasteiger partial charge on any atom is 0.266 e. The summed E-state index contributed by atoms with van der Waals surface area (Å²) in [5, 5.41) is 2.82. The predicted molar refractivity (Wildman–Crippen MR) is 107 cm³/mol. The van der Waals surface area contributed by atoms with E-state index in [0.29, 0.717) is 21.4 Å². The van der Waals surface area contributed by atoms with E-state index in [-0.39, 0.29) is 34.5 Å². The number of carbonyl (C=O) groups is 1. The number of rotatable bonds is 5. The van der Waals surface area contributed by atoms with Gasteiger partial charge in [-0.15, -0.1) is 17.0 Å². The summed E-state index contributed by atoms with van der Waals surface area (Å²) in [7, 11) is 1.59. The highest BCUT2D eigenvalue weighted by Crippen LogP contribution is 2.33. The van der Waals surface area contributed by atoms with Gasteiger partial charge in [-0.2, -0.15) is 0 Å². The maximum atomic E-state index is 12.5. The first-order valence-electron chi connectivity index (χ1n) is 8.40. The van der Waals surface area contributed by atoms with E-state index in [1.54, 1.807) is 35.9 Å². The van der Waals surface area contributed by atoms with Gasteiger partial charge in [0.1, 0.15) is 10.6 Å². The zero-order valence-electron chi connectivity index (χ0n) is 14.3. The Balaban J connectivity index is 0.00000196. The van der Waals surface area contributed by atoms with E-state index in [2.05, 4.69) is 10.3 Å². The lowest BCUT2D eigenvalue weighted by Gasteiger charge is -2.08. The van der Waals surface area contributed by atoms with Gasteiger partial charge in [-0.3, -0.25) is 19.1 Å². The number of halogens is 1. The molecule has 0 saturated heterocycles. The molecule has 1 aromatic carbocycles. The molecule has 1 heterocycles. The van der Waals surface area contributed by atoms with Gasteiger partial charge in [-0.25, -0.2) is 0 Å². The van der Waals surface area contributed by atoms with E-state index in [1.807, 2.05) is 0 Å². The van der Waals surface area contributed by atoms with Crippen LogP contribution in [0.2, 0.25) is 0 Å². The molecule has 8 heteroatoms. The van der Waals surface area contributed by atoms with Crippen molar-refractivity contribution in [1.82, 2.24) is 4.57 Å². The number of hydrogen-bond acceptors (Lipinski definition) is 5. The fourth-order valence-corrected chi connectivity index (χ4v) is 3.59. The van der Waals surface area contributed by atoms with Crippen LogP contribution in [-0.4, -0.2) is 23.6 Å². The number of nitrogens with one attached hydrogen (secondary N) is 1. The van der Waals surface area contributed by atoms with Crippen LogP contribution in [0.3, 0.4) is 0 Å². The summed E-state index contributed by atoms with van der Waals surface area (Å²) in [6.07, 6.45) is 4.15. The molecule has 0 atom stereocenters. The Morgan fingerprint density at radius 3 is 2.50 bits per heavy atom. The van der Waals surface area contributed by atoms with Crippen molar-refractivity contribution >= 4 is 39.9 Å². The molecule has 2 fully saturated rings. The third-order valence-electron chi connectivity index (χ3n) is 4.22. The summed E-state index contributed by atoms with van der Waals surface area (Å²) in [6, 6.07) is 9.06. The third kappa shape index (κ3) is 4.24. The zero-order chi connectivity index (χ0) is 17.4. The zero-order valence-corrected chi connectivity index (χ0v) is 16.8. The second-order valence-corrected chi connectivity index (χ2v) is 7.38. The summed E-state index contributed by atoms with van der Waals surface area (Å²) < 4.78 is 6.86. The lowest BCUT2D eigenvalue weighted by Crippen LogP contribution is -2.32. The molecule has 2 aliphatic carbocycles. The molecule has 26 heavy (non-hydrogen) atoms. The highest BCUT2D eigenvalue weighted by Gasteiger charge is 2.28. The second-order valence-electron chi connectivity index (χ2n) is 6.38. The SMILES string of the molecule is Br.COc1ccc(NC(=O)c2cc(=O)n(C3CC3)c(=NC3CC3)s2)cc1. The van der Waals surface area contributed by atoms with E-state index in [4.69, 9.17) is 4.74 Å². The molecule has 4 rings (SSSR count). The maximum absolute atomic E-state index is 12.5. The lowest BCUT2D eigenvalue weighted by atomic mass is 10.3. The van der Waals surface area contributed by atoms with Crippen LogP contribution in [0, 0.1) is 0 Å². The van der Waals surface area contributed by atoms with Crippen molar-refractivity contribution < 1.29 is 9.53 Å². The Morgan fingerprint density at radius 1 is 1.23 bits per heavy atom. The number of anilines is 1. The number of ether oxygens (including phenoxy) is 1. The standard InChI is InChI=1S/C18H19N3O3S.BrH/c1-24-14-8-4-11(5-9-14)19-17(23)15-10-16(22)21(13-6-7-13)18(25-15)20-12-2-3-12;/h4-5,8-10,12-13H,2-3,6-7H2,1H3,(H,19,23);1H. The average molecular weight is 438 g/mol. The molecule has 2 aromatic rings. The lowest BCUT2D eigenvalue weighted by molar-refractivity contribution is 0.103. The van der Waals surface area contributed by atoms with E-state index in [9.17, 15) is 9.59 Å². The highest BCUT2D eigenvalue weighted by molar-refractivity contribution is 8.93. The van der Waals surface area contributed by atoms with Crippen LogP contribution < -0.4 is 20.4 Å². The van der Waals surface area contributed by atoms with Crippen LogP contribution in [0.25, 0.3) is 0 Å². The number of carbonyl (C=O) groups excluding carboxylic acids is 1. The summed E-state index contributed by atoms with van der Waals surface area (Å²) in [4.78, 5) is 30.8. The minimum atomic E-state index is -0.289. The quantitative estimate of drug-likeness (QED) is 0.780. The van der Waals surface area contributed by atoms with Crippen molar-refractivity contribution in [3.63, 3.8) is 0 Å². The minimum Gasteiger partial charge on any atom is -0.497 e. The fourth-order valence-electron chi connectivity index (χ4n) is 2.55. The Hall–Kier alpha value is -1.93. The van der Waals surface area contributed by atoms with Crippen LogP contribution in [0.5, 0.6) is 5.75 Å². The van der Waals surface area contributed by atoms with Gasteiger partial charge in [0.2, 0.25) is 0 Å². The van der Waals surface area contributed by atoms with Crippen molar-refractivity contribution in [1.29, 1.82) is 0 Å². The minimum absolute atomic E-state index is 0. The first-order chi connectivity index (χ1) is 12.1. The molecule has 1 aromatic heterocycles. The molecule has 1 amide bonds. The first-order valence-corrected chi connectivity index (χ1v) is 9.21. The smallest absolute Gasteiger partial charge is 0.266 e. The summed E-state index contributed by atoms with van der Waals surface area (Å²) in [5.74, 6) is 0.431. The molecule has 6 nitrogen and oxygen atoms in total. The van der Waals surface area contributed by atoms with Crippen LogP contribution in [-0.2, 0) is 0 Å². The summed E-state index contributed by atoms with van der Waals surface area (Å²) >= 11 is 1.29. The fraction of sp³-hybridized carbons (Fsp3) is 0.389. The van der Waals surface area contributed by atoms with Gasteiger partial charge in [0, 0.05) is 17.8 Å². The van der Waals surface area contributed by atoms with Gasteiger partial charge in [-0.1, -0.05) is 11.3 Å². The molecule has 138 valence electrons. The Labute approximate surface area is 165 Å². The number of methoxy groups -OCH3 is 1. The van der Waals surface area contributed by atoms with Crippen LogP contribution in [0.1, 0.15) is 41.4 Å². The first kappa shape index (κ1) is 18.8. The Bertz CT molecular complexity index is 928. The molecule has 0 radical (unpaired) electrons. The van der Waals surface area contributed by atoms with Crippen molar-refractivity contribution in [2.75, 3.05) is 12.4 Å². The van der Waals surface area contributed by atoms with Gasteiger partial charge in [0.05, 0.1) is 13.2 Å². The molecular weight excluding hydrogens is 418 g/mol. The van der Waals surface area contributed by atoms with Crippen LogP contribution in [0.4, 0.5) is 5.69 Å². The predicted octanol–water partition coefficient (Wildman–Crippen LogP) is 3.15. The average Bonchev–Trinajstić information content (AvgIpc) is 3.50. The Morgan fingerprint density at radius 2 is 1.92 bits per heavy atom. The van der Waals surface area contributed by atoms with E-state index in [1.165, 1.54) is 17.4 Å². The molecule has 0 unspecified atom stereocenters. The molecule has 1 N–H and O–H groups in total. The number of benzene rings is 1. The van der Waals surface area contributed by atoms with Crippen LogP contribution >= 0.6 is 28.3 Å². The van der Waals surface area contributed by atoms with Crippen LogP contribution in [0.15, 0.2) is 40.1 Å². The number of nitrogens with zero attached hydrogens (tertiary/aromatic N) is 2.